The van der Waals surface area contributed by atoms with Gasteiger partial charge in [0.2, 0.25) is 5.95 Å². The van der Waals surface area contributed by atoms with E-state index in [1.165, 1.54) is 0 Å². The van der Waals surface area contributed by atoms with Crippen molar-refractivity contribution in [2.75, 3.05) is 19.0 Å². The monoisotopic (exact) mass is 294 g/mol. The van der Waals surface area contributed by atoms with E-state index in [0.29, 0.717) is 29.7 Å². The lowest BCUT2D eigenvalue weighted by Gasteiger charge is -2.09. The third kappa shape index (κ3) is 3.55. The van der Waals surface area contributed by atoms with Crippen LogP contribution in [-0.4, -0.2) is 34.2 Å². The first-order chi connectivity index (χ1) is 9.60. The summed E-state index contributed by atoms with van der Waals surface area (Å²) in [6, 6.07) is 5.15. The number of rotatable bonds is 5. The van der Waals surface area contributed by atoms with Gasteiger partial charge in [0, 0.05) is 25.5 Å². The van der Waals surface area contributed by atoms with Crippen LogP contribution >= 0.6 is 11.6 Å². The first kappa shape index (κ1) is 14.5. The van der Waals surface area contributed by atoms with Crippen LogP contribution < -0.4 is 5.32 Å². The number of methoxy groups -OCH3 is 1. The second kappa shape index (κ2) is 6.49. The number of nitrogens with one attached hydrogen (secondary N) is 1. The van der Waals surface area contributed by atoms with Crippen molar-refractivity contribution in [3.63, 3.8) is 0 Å². The van der Waals surface area contributed by atoms with Gasteiger partial charge in [-0.1, -0.05) is 11.6 Å². The highest BCUT2D eigenvalue weighted by Crippen LogP contribution is 2.11. The first-order valence-electron chi connectivity index (χ1n) is 6.07. The van der Waals surface area contributed by atoms with Crippen molar-refractivity contribution < 1.29 is 9.53 Å². The van der Waals surface area contributed by atoms with Gasteiger partial charge < -0.3 is 9.30 Å². The van der Waals surface area contributed by atoms with Crippen LogP contribution in [0.25, 0.3) is 0 Å². The molecule has 0 spiro atoms. The highest BCUT2D eigenvalue weighted by Gasteiger charge is 2.12. The average molecular weight is 295 g/mol. The molecule has 1 amide bonds. The number of hydrogen-bond acceptors (Lipinski definition) is 4. The maximum Gasteiger partial charge on any atom is 0.274 e. The molecule has 2 rings (SSSR count). The predicted molar refractivity (Wildman–Crippen MR) is 76.0 cm³/mol. The van der Waals surface area contributed by atoms with Crippen molar-refractivity contribution in [1.29, 1.82) is 0 Å². The smallest absolute Gasteiger partial charge is 0.274 e. The van der Waals surface area contributed by atoms with Gasteiger partial charge in [-0.05, 0) is 25.1 Å². The third-order valence-electron chi connectivity index (χ3n) is 2.65. The van der Waals surface area contributed by atoms with Gasteiger partial charge in [-0.15, -0.1) is 0 Å². The van der Waals surface area contributed by atoms with E-state index in [1.54, 1.807) is 36.8 Å². The van der Waals surface area contributed by atoms with E-state index in [-0.39, 0.29) is 11.9 Å². The molecule has 1 N–H and O–H groups in total. The van der Waals surface area contributed by atoms with Crippen molar-refractivity contribution in [2.24, 2.45) is 0 Å². The molecule has 0 atom stereocenters. The van der Waals surface area contributed by atoms with Gasteiger partial charge in [-0.2, -0.15) is 0 Å². The third-order valence-corrected chi connectivity index (χ3v) is 2.84. The van der Waals surface area contributed by atoms with Crippen molar-refractivity contribution in [3.8, 4) is 0 Å². The molecule has 0 aliphatic heterocycles. The summed E-state index contributed by atoms with van der Waals surface area (Å²) >= 11 is 5.83. The number of carbonyl (C=O) groups is 1. The Morgan fingerprint density at radius 1 is 1.50 bits per heavy atom. The number of amides is 1. The quantitative estimate of drug-likeness (QED) is 0.858. The maximum absolute atomic E-state index is 12.2. The molecule has 0 aromatic carbocycles. The van der Waals surface area contributed by atoms with Crippen molar-refractivity contribution in [2.45, 2.75) is 13.5 Å². The predicted octanol–water partition coefficient (Wildman–Crippen LogP) is 2.14. The summed E-state index contributed by atoms with van der Waals surface area (Å²) < 4.78 is 6.81. The zero-order valence-electron chi connectivity index (χ0n) is 11.3. The molecule has 2 aromatic rings. The Kier molecular flexibility index (Phi) is 4.70. The summed E-state index contributed by atoms with van der Waals surface area (Å²) in [6.45, 7) is 2.91. The van der Waals surface area contributed by atoms with Crippen LogP contribution in [0.15, 0.2) is 24.4 Å². The number of aryl methyl sites for hydroxylation is 1. The van der Waals surface area contributed by atoms with E-state index in [2.05, 4.69) is 15.3 Å². The first-order valence-corrected chi connectivity index (χ1v) is 6.44. The number of nitrogens with zero attached hydrogens (tertiary/aromatic N) is 3. The van der Waals surface area contributed by atoms with E-state index < -0.39 is 0 Å². The minimum Gasteiger partial charge on any atom is -0.383 e. The molecule has 0 saturated carbocycles. The number of aromatic nitrogens is 3. The molecule has 0 saturated heterocycles. The molecule has 2 heterocycles. The van der Waals surface area contributed by atoms with E-state index >= 15 is 0 Å². The van der Waals surface area contributed by atoms with Gasteiger partial charge in [0.05, 0.1) is 6.61 Å². The molecule has 0 bridgehead atoms. The Hall–Kier alpha value is -1.92. The van der Waals surface area contributed by atoms with E-state index in [9.17, 15) is 4.79 Å². The van der Waals surface area contributed by atoms with Crippen molar-refractivity contribution in [3.05, 3.63) is 40.9 Å². The Bertz CT molecular complexity index is 592. The molecule has 6 nitrogen and oxygen atoms in total. The summed E-state index contributed by atoms with van der Waals surface area (Å²) in [6.07, 6.45) is 1.82. The molecule has 106 valence electrons. The van der Waals surface area contributed by atoms with E-state index in [4.69, 9.17) is 16.3 Å². The minimum atomic E-state index is -0.284. The lowest BCUT2D eigenvalue weighted by Crippen LogP contribution is -2.19. The Morgan fingerprint density at radius 2 is 2.30 bits per heavy atom. The van der Waals surface area contributed by atoms with Crippen LogP contribution in [0.4, 0.5) is 5.95 Å². The molecule has 0 fully saturated rings. The van der Waals surface area contributed by atoms with Gasteiger partial charge >= 0.3 is 0 Å². The van der Waals surface area contributed by atoms with Crippen LogP contribution in [0.1, 0.15) is 16.2 Å². The van der Waals surface area contributed by atoms with Crippen LogP contribution in [-0.2, 0) is 11.3 Å². The van der Waals surface area contributed by atoms with Gasteiger partial charge in [0.1, 0.15) is 10.8 Å². The number of hydrogen-bond donors (Lipinski definition) is 1. The minimum absolute atomic E-state index is 0.194. The van der Waals surface area contributed by atoms with E-state index in [1.807, 2.05) is 6.20 Å². The molecular formula is C13H15ClN4O2. The lowest BCUT2D eigenvalue weighted by atomic mass is 10.4. The number of anilines is 1. The lowest BCUT2D eigenvalue weighted by molar-refractivity contribution is 0.101. The maximum atomic E-state index is 12.2. The number of carbonyl (C=O) groups excluding carboxylic acids is 1. The highest BCUT2D eigenvalue weighted by molar-refractivity contribution is 6.29. The molecule has 20 heavy (non-hydrogen) atoms. The van der Waals surface area contributed by atoms with Crippen molar-refractivity contribution >= 4 is 23.5 Å². The Morgan fingerprint density at radius 3 is 3.00 bits per heavy atom. The Balaban J connectivity index is 2.13. The molecule has 0 radical (unpaired) electrons. The second-order valence-electron chi connectivity index (χ2n) is 4.19. The van der Waals surface area contributed by atoms with Crippen LogP contribution in [0.2, 0.25) is 5.15 Å². The number of ether oxygens (including phenoxy) is 1. The van der Waals surface area contributed by atoms with Gasteiger partial charge in [0.25, 0.3) is 5.91 Å². The standard InChI is InChI=1S/C13H15ClN4O2/c1-9-8-11(14)16-13(15-9)17-12(19)10-4-3-5-18(10)6-7-20-2/h3-5,8H,6-7H2,1-2H3,(H,15,16,17,19). The van der Waals surface area contributed by atoms with Gasteiger partial charge in [-0.25, -0.2) is 9.97 Å². The number of halogens is 1. The van der Waals surface area contributed by atoms with Gasteiger partial charge in [-0.3, -0.25) is 10.1 Å². The summed E-state index contributed by atoms with van der Waals surface area (Å²) in [5.41, 5.74) is 1.21. The van der Waals surface area contributed by atoms with Crippen LogP contribution in [0, 0.1) is 6.92 Å². The van der Waals surface area contributed by atoms with Crippen LogP contribution in [0.5, 0.6) is 0 Å². The topological polar surface area (TPSA) is 69.0 Å². The summed E-state index contributed by atoms with van der Waals surface area (Å²) in [7, 11) is 1.62. The Labute approximate surface area is 121 Å². The normalized spacial score (nSPS) is 10.6. The fraction of sp³-hybridized carbons (Fsp3) is 0.308. The highest BCUT2D eigenvalue weighted by atomic mass is 35.5. The molecule has 2 aromatic heterocycles. The van der Waals surface area contributed by atoms with Gasteiger partial charge in [0.15, 0.2) is 0 Å². The average Bonchev–Trinajstić information content (AvgIpc) is 2.83. The fourth-order valence-corrected chi connectivity index (χ4v) is 1.99. The SMILES string of the molecule is COCCn1cccc1C(=O)Nc1nc(C)cc(Cl)n1. The molecule has 0 aliphatic carbocycles. The molecule has 0 unspecified atom stereocenters. The zero-order valence-corrected chi connectivity index (χ0v) is 12.0. The molecular weight excluding hydrogens is 280 g/mol. The largest absolute Gasteiger partial charge is 0.383 e. The molecule has 7 heteroatoms. The molecule has 0 aliphatic rings. The fourth-order valence-electron chi connectivity index (χ4n) is 1.76. The van der Waals surface area contributed by atoms with Crippen molar-refractivity contribution in [1.82, 2.24) is 14.5 Å². The second-order valence-corrected chi connectivity index (χ2v) is 4.58. The van der Waals surface area contributed by atoms with Crippen LogP contribution in [0.3, 0.4) is 0 Å². The summed E-state index contributed by atoms with van der Waals surface area (Å²) in [5, 5.41) is 2.93. The van der Waals surface area contributed by atoms with E-state index in [0.717, 1.165) is 0 Å². The summed E-state index contributed by atoms with van der Waals surface area (Å²) in [5.74, 6) is -0.0905. The zero-order chi connectivity index (χ0) is 14.5. The summed E-state index contributed by atoms with van der Waals surface area (Å²) in [4.78, 5) is 20.3.